The summed E-state index contributed by atoms with van der Waals surface area (Å²) in [6.07, 6.45) is 6.21. The first kappa shape index (κ1) is 21.7. The van der Waals surface area contributed by atoms with E-state index in [4.69, 9.17) is 5.26 Å². The summed E-state index contributed by atoms with van der Waals surface area (Å²) in [6.45, 7) is 5.44. The Bertz CT molecular complexity index is 894. The maximum atomic E-state index is 11.3. The highest BCUT2D eigenvalue weighted by Gasteiger charge is 2.24. The summed E-state index contributed by atoms with van der Waals surface area (Å²) in [7, 11) is 0. The Morgan fingerprint density at radius 1 is 1.17 bits per heavy atom. The second-order valence-electron chi connectivity index (χ2n) is 8.57. The fraction of sp³-hybridized carbons (Fsp3) is 0.440. The van der Waals surface area contributed by atoms with Crippen LogP contribution in [0, 0.1) is 17.2 Å². The lowest BCUT2D eigenvalue weighted by atomic mass is 9.92. The molecule has 1 aliphatic carbocycles. The maximum absolute atomic E-state index is 11.3. The van der Waals surface area contributed by atoms with E-state index in [2.05, 4.69) is 36.2 Å². The number of nitriles is 1. The minimum absolute atomic E-state index is 0.00403. The monoisotopic (exact) mass is 405 g/mol. The van der Waals surface area contributed by atoms with Gasteiger partial charge in [-0.05, 0) is 60.7 Å². The van der Waals surface area contributed by atoms with Crippen molar-refractivity contribution in [3.8, 4) is 6.07 Å². The molecule has 0 spiro atoms. The molecule has 158 valence electrons. The van der Waals surface area contributed by atoms with Crippen LogP contribution in [-0.4, -0.2) is 23.7 Å². The maximum Gasteiger partial charge on any atom is 0.307 e. The van der Waals surface area contributed by atoms with Crippen LogP contribution in [0.15, 0.2) is 42.5 Å². The van der Waals surface area contributed by atoms with Crippen LogP contribution in [0.3, 0.4) is 0 Å². The van der Waals surface area contributed by atoms with E-state index in [0.29, 0.717) is 17.5 Å². The molecular weight excluding hydrogens is 374 g/mol. The van der Waals surface area contributed by atoms with Crippen molar-refractivity contribution in [3.05, 3.63) is 53.6 Å². The smallest absolute Gasteiger partial charge is 0.307 e. The highest BCUT2D eigenvalue weighted by atomic mass is 16.4. The van der Waals surface area contributed by atoms with Crippen molar-refractivity contribution in [3.63, 3.8) is 0 Å². The lowest BCUT2D eigenvalue weighted by molar-refractivity contribution is -0.136. The van der Waals surface area contributed by atoms with Gasteiger partial charge in [0.15, 0.2) is 0 Å². The zero-order valence-corrected chi connectivity index (χ0v) is 17.9. The molecule has 0 atom stereocenters. The molecule has 0 aromatic heterocycles. The molecule has 30 heavy (non-hydrogen) atoms. The van der Waals surface area contributed by atoms with Crippen LogP contribution in [0.2, 0.25) is 0 Å². The van der Waals surface area contributed by atoms with Gasteiger partial charge in [-0.25, -0.2) is 0 Å². The Morgan fingerprint density at radius 2 is 1.87 bits per heavy atom. The minimum atomic E-state index is -0.835. The van der Waals surface area contributed by atoms with Gasteiger partial charge in [0, 0.05) is 18.3 Å². The minimum Gasteiger partial charge on any atom is -0.481 e. The highest BCUT2D eigenvalue weighted by molar-refractivity contribution is 5.78. The molecule has 1 aliphatic rings. The Balaban J connectivity index is 1.98. The van der Waals surface area contributed by atoms with Crippen molar-refractivity contribution in [2.75, 3.05) is 16.8 Å². The number of nitrogens with zero attached hydrogens (tertiary/aromatic N) is 2. The summed E-state index contributed by atoms with van der Waals surface area (Å²) in [4.78, 5) is 13.8. The molecule has 0 radical (unpaired) electrons. The molecular formula is C25H31N3O2. The van der Waals surface area contributed by atoms with E-state index in [-0.39, 0.29) is 6.42 Å². The lowest BCUT2D eigenvalue weighted by Crippen LogP contribution is -2.39. The Morgan fingerprint density at radius 3 is 2.47 bits per heavy atom. The molecule has 1 saturated carbocycles. The molecule has 2 N–H and O–H groups in total. The summed E-state index contributed by atoms with van der Waals surface area (Å²) in [6, 6.07) is 16.0. The molecule has 2 aromatic carbocycles. The molecule has 3 rings (SSSR count). The molecule has 0 heterocycles. The van der Waals surface area contributed by atoms with Crippen LogP contribution in [0.4, 0.5) is 17.1 Å². The van der Waals surface area contributed by atoms with Crippen LogP contribution in [-0.2, 0) is 11.2 Å². The number of aliphatic carboxylic acids is 1. The Hall–Kier alpha value is -3.00. The molecule has 5 nitrogen and oxygen atoms in total. The van der Waals surface area contributed by atoms with E-state index in [9.17, 15) is 9.90 Å². The number of carbonyl (C=O) groups is 1. The van der Waals surface area contributed by atoms with Crippen molar-refractivity contribution in [2.24, 2.45) is 5.92 Å². The third-order valence-corrected chi connectivity index (χ3v) is 5.60. The summed E-state index contributed by atoms with van der Waals surface area (Å²) in [5, 5.41) is 21.8. The normalized spacial score (nSPS) is 14.3. The van der Waals surface area contributed by atoms with Crippen LogP contribution >= 0.6 is 0 Å². The SMILES string of the molecule is CC(C)CN(c1ccc(CC(=O)O)cc1Nc1ccc(C#N)cc1)C1CCCCC1. The van der Waals surface area contributed by atoms with Crippen molar-refractivity contribution in [1.29, 1.82) is 5.26 Å². The van der Waals surface area contributed by atoms with Crippen molar-refractivity contribution >= 4 is 23.0 Å². The molecule has 2 aromatic rings. The van der Waals surface area contributed by atoms with Gasteiger partial charge >= 0.3 is 5.97 Å². The van der Waals surface area contributed by atoms with Crippen molar-refractivity contribution < 1.29 is 9.90 Å². The molecule has 0 unspecified atom stereocenters. The number of carboxylic acid groups (broad SMARTS) is 1. The Kier molecular flexibility index (Phi) is 7.35. The van der Waals surface area contributed by atoms with Gasteiger partial charge in [0.1, 0.15) is 0 Å². The number of benzene rings is 2. The Labute approximate surface area is 179 Å². The second-order valence-corrected chi connectivity index (χ2v) is 8.57. The predicted octanol–water partition coefficient (Wildman–Crippen LogP) is 5.72. The van der Waals surface area contributed by atoms with Gasteiger partial charge in [0.25, 0.3) is 0 Å². The zero-order valence-electron chi connectivity index (χ0n) is 17.9. The number of hydrogen-bond donors (Lipinski definition) is 2. The molecule has 0 bridgehead atoms. The van der Waals surface area contributed by atoms with Crippen LogP contribution in [0.25, 0.3) is 0 Å². The van der Waals surface area contributed by atoms with Gasteiger partial charge in [-0.15, -0.1) is 0 Å². The molecule has 0 aliphatic heterocycles. The van der Waals surface area contributed by atoms with Gasteiger partial charge in [0.05, 0.1) is 29.4 Å². The van der Waals surface area contributed by atoms with Gasteiger partial charge < -0.3 is 15.3 Å². The van der Waals surface area contributed by atoms with E-state index >= 15 is 0 Å². The van der Waals surface area contributed by atoms with Gasteiger partial charge in [-0.1, -0.05) is 39.2 Å². The number of anilines is 3. The highest BCUT2D eigenvalue weighted by Crippen LogP contribution is 2.35. The summed E-state index contributed by atoms with van der Waals surface area (Å²) < 4.78 is 0. The number of nitrogens with one attached hydrogen (secondary N) is 1. The molecule has 5 heteroatoms. The van der Waals surface area contributed by atoms with Crippen molar-refractivity contribution in [1.82, 2.24) is 0 Å². The fourth-order valence-corrected chi connectivity index (χ4v) is 4.23. The van der Waals surface area contributed by atoms with Crippen molar-refractivity contribution in [2.45, 2.75) is 58.4 Å². The first-order valence-corrected chi connectivity index (χ1v) is 10.8. The van der Waals surface area contributed by atoms with E-state index in [1.54, 1.807) is 12.1 Å². The summed E-state index contributed by atoms with van der Waals surface area (Å²) in [5.41, 5.74) is 4.31. The largest absolute Gasteiger partial charge is 0.481 e. The fourth-order valence-electron chi connectivity index (χ4n) is 4.23. The number of carboxylic acids is 1. The van der Waals surface area contributed by atoms with Gasteiger partial charge in [0.2, 0.25) is 0 Å². The summed E-state index contributed by atoms with van der Waals surface area (Å²) >= 11 is 0. The molecule has 0 saturated heterocycles. The predicted molar refractivity (Wildman–Crippen MR) is 121 cm³/mol. The standard InChI is InChI=1S/C25H31N3O2/c1-18(2)17-28(22-6-4-3-5-7-22)24-13-10-20(15-25(29)30)14-23(24)27-21-11-8-19(16-26)9-12-21/h8-14,18,22,27H,3-7,15,17H2,1-2H3,(H,29,30). The average Bonchev–Trinajstić information content (AvgIpc) is 2.73. The van der Waals surface area contributed by atoms with Crippen LogP contribution in [0.5, 0.6) is 0 Å². The van der Waals surface area contributed by atoms with E-state index < -0.39 is 5.97 Å². The molecule has 1 fully saturated rings. The second kappa shape index (κ2) is 10.2. The quantitative estimate of drug-likeness (QED) is 0.587. The topological polar surface area (TPSA) is 76.4 Å². The average molecular weight is 406 g/mol. The third kappa shape index (κ3) is 5.76. The van der Waals surface area contributed by atoms with E-state index in [1.165, 1.54) is 32.1 Å². The third-order valence-electron chi connectivity index (χ3n) is 5.60. The van der Waals surface area contributed by atoms with E-state index in [0.717, 1.165) is 29.2 Å². The van der Waals surface area contributed by atoms with E-state index in [1.807, 2.05) is 24.3 Å². The first-order valence-electron chi connectivity index (χ1n) is 10.8. The van der Waals surface area contributed by atoms with Gasteiger partial charge in [-0.2, -0.15) is 5.26 Å². The first-order chi connectivity index (χ1) is 14.5. The summed E-state index contributed by atoms with van der Waals surface area (Å²) in [5.74, 6) is -0.313. The zero-order chi connectivity index (χ0) is 21.5. The van der Waals surface area contributed by atoms with Crippen LogP contribution in [0.1, 0.15) is 57.1 Å². The number of rotatable bonds is 8. The number of hydrogen-bond acceptors (Lipinski definition) is 4. The molecule has 0 amide bonds. The lowest BCUT2D eigenvalue weighted by Gasteiger charge is -2.38. The van der Waals surface area contributed by atoms with Crippen LogP contribution < -0.4 is 10.2 Å². The van der Waals surface area contributed by atoms with Gasteiger partial charge in [-0.3, -0.25) is 4.79 Å².